The van der Waals surface area contributed by atoms with Crippen molar-refractivity contribution in [2.24, 2.45) is 11.8 Å². The number of aliphatic hydroxyl groups is 1. The highest BCUT2D eigenvalue weighted by molar-refractivity contribution is 4.84. The highest BCUT2D eigenvalue weighted by Gasteiger charge is 2.28. The van der Waals surface area contributed by atoms with Crippen molar-refractivity contribution in [3.63, 3.8) is 0 Å². The number of rotatable bonds is 5. The van der Waals surface area contributed by atoms with Gasteiger partial charge in [0.15, 0.2) is 0 Å². The predicted octanol–water partition coefficient (Wildman–Crippen LogP) is 1.15. The summed E-state index contributed by atoms with van der Waals surface area (Å²) >= 11 is 0. The summed E-state index contributed by atoms with van der Waals surface area (Å²) in [6.45, 7) is 1.47. The van der Waals surface area contributed by atoms with Gasteiger partial charge in [0.1, 0.15) is 0 Å². The van der Waals surface area contributed by atoms with Gasteiger partial charge in [-0.15, -0.1) is 0 Å². The van der Waals surface area contributed by atoms with Gasteiger partial charge in [0, 0.05) is 6.04 Å². The lowest BCUT2D eigenvalue weighted by molar-refractivity contribution is 0.148. The van der Waals surface area contributed by atoms with Crippen LogP contribution in [0.1, 0.15) is 32.1 Å². The second-order valence-corrected chi connectivity index (χ2v) is 4.33. The second-order valence-electron chi connectivity index (χ2n) is 4.33. The van der Waals surface area contributed by atoms with Crippen molar-refractivity contribution in [1.82, 2.24) is 5.32 Å². The van der Waals surface area contributed by atoms with Crippen LogP contribution in [0.15, 0.2) is 0 Å². The molecule has 2 N–H and O–H groups in total. The fraction of sp³-hybridized carbons (Fsp3) is 1.00. The third-order valence-electron chi connectivity index (χ3n) is 3.28. The molecule has 70 valence electrons. The summed E-state index contributed by atoms with van der Waals surface area (Å²) in [7, 11) is 0. The van der Waals surface area contributed by atoms with Gasteiger partial charge in [-0.05, 0) is 44.1 Å². The van der Waals surface area contributed by atoms with E-state index in [9.17, 15) is 0 Å². The lowest BCUT2D eigenvalue weighted by atomic mass is 9.80. The van der Waals surface area contributed by atoms with Crippen LogP contribution in [0.25, 0.3) is 0 Å². The summed E-state index contributed by atoms with van der Waals surface area (Å²) in [4.78, 5) is 0. The summed E-state index contributed by atoms with van der Waals surface area (Å²) in [5, 5.41) is 12.6. The normalized spacial score (nSPS) is 26.8. The first-order chi connectivity index (χ1) is 5.90. The van der Waals surface area contributed by atoms with Crippen LogP contribution in [-0.4, -0.2) is 24.3 Å². The Morgan fingerprint density at radius 2 is 2.00 bits per heavy atom. The summed E-state index contributed by atoms with van der Waals surface area (Å²) < 4.78 is 0. The highest BCUT2D eigenvalue weighted by atomic mass is 16.3. The van der Waals surface area contributed by atoms with Gasteiger partial charge in [0.25, 0.3) is 0 Å². The Balaban J connectivity index is 1.65. The molecule has 0 aromatic rings. The Hall–Kier alpha value is -0.0800. The first-order valence-electron chi connectivity index (χ1n) is 5.24. The van der Waals surface area contributed by atoms with Gasteiger partial charge in [-0.2, -0.15) is 0 Å². The number of hydrogen-bond donors (Lipinski definition) is 2. The minimum Gasteiger partial charge on any atom is -0.395 e. The quantitative estimate of drug-likeness (QED) is 0.647. The molecule has 2 saturated carbocycles. The van der Waals surface area contributed by atoms with Gasteiger partial charge in [0.2, 0.25) is 0 Å². The first-order valence-corrected chi connectivity index (χ1v) is 5.24. The van der Waals surface area contributed by atoms with Crippen LogP contribution in [0.2, 0.25) is 0 Å². The summed E-state index contributed by atoms with van der Waals surface area (Å²) in [5.74, 6) is 1.70. The predicted molar refractivity (Wildman–Crippen MR) is 48.9 cm³/mol. The Morgan fingerprint density at radius 1 is 1.25 bits per heavy atom. The fourth-order valence-electron chi connectivity index (χ4n) is 1.86. The molecule has 12 heavy (non-hydrogen) atoms. The maximum absolute atomic E-state index is 9.13. The largest absolute Gasteiger partial charge is 0.395 e. The van der Waals surface area contributed by atoms with Crippen molar-refractivity contribution in [1.29, 1.82) is 0 Å². The van der Waals surface area contributed by atoms with Crippen molar-refractivity contribution in [2.75, 3.05) is 13.2 Å². The summed E-state index contributed by atoms with van der Waals surface area (Å²) in [5.41, 5.74) is 0. The van der Waals surface area contributed by atoms with Gasteiger partial charge in [0.05, 0.1) is 6.61 Å². The molecule has 0 aromatic carbocycles. The molecule has 0 bridgehead atoms. The molecule has 1 unspecified atom stereocenters. The molecule has 2 heteroatoms. The van der Waals surface area contributed by atoms with E-state index in [1.807, 2.05) is 0 Å². The van der Waals surface area contributed by atoms with Crippen molar-refractivity contribution in [2.45, 2.75) is 38.1 Å². The molecule has 2 fully saturated rings. The Kier molecular flexibility index (Phi) is 2.66. The lowest BCUT2D eigenvalue weighted by Gasteiger charge is -2.33. The Bertz CT molecular complexity index is 141. The van der Waals surface area contributed by atoms with E-state index in [0.29, 0.717) is 12.6 Å². The van der Waals surface area contributed by atoms with E-state index < -0.39 is 0 Å². The third-order valence-corrected chi connectivity index (χ3v) is 3.28. The maximum Gasteiger partial charge on any atom is 0.0587 e. The fourth-order valence-corrected chi connectivity index (χ4v) is 1.86. The molecule has 0 aromatic heterocycles. The first kappa shape index (κ1) is 8.52. The Labute approximate surface area is 74.4 Å². The standard InChI is InChI=1S/C10H19NO/c12-7-10(9-2-1-3-9)11-6-8-4-5-8/h8-12H,1-7H2. The van der Waals surface area contributed by atoms with E-state index in [4.69, 9.17) is 5.11 Å². The van der Waals surface area contributed by atoms with E-state index in [1.54, 1.807) is 0 Å². The molecule has 2 aliphatic rings. The molecule has 2 rings (SSSR count). The molecule has 0 spiro atoms. The maximum atomic E-state index is 9.13. The van der Waals surface area contributed by atoms with Crippen molar-refractivity contribution in [3.05, 3.63) is 0 Å². The van der Waals surface area contributed by atoms with Gasteiger partial charge >= 0.3 is 0 Å². The van der Waals surface area contributed by atoms with Crippen LogP contribution in [0.5, 0.6) is 0 Å². The number of nitrogens with one attached hydrogen (secondary N) is 1. The lowest BCUT2D eigenvalue weighted by Crippen LogP contribution is -2.43. The molecule has 0 heterocycles. The third kappa shape index (κ3) is 1.99. The molecular weight excluding hydrogens is 150 g/mol. The van der Waals surface area contributed by atoms with E-state index in [-0.39, 0.29) is 0 Å². The van der Waals surface area contributed by atoms with E-state index in [2.05, 4.69) is 5.32 Å². The molecule has 0 saturated heterocycles. The zero-order chi connectivity index (χ0) is 8.39. The van der Waals surface area contributed by atoms with E-state index >= 15 is 0 Å². The van der Waals surface area contributed by atoms with Gasteiger partial charge in [-0.3, -0.25) is 0 Å². The molecule has 0 amide bonds. The monoisotopic (exact) mass is 169 g/mol. The number of aliphatic hydroxyl groups excluding tert-OH is 1. The molecular formula is C10H19NO. The smallest absolute Gasteiger partial charge is 0.0587 e. The van der Waals surface area contributed by atoms with Crippen molar-refractivity contribution in [3.8, 4) is 0 Å². The van der Waals surface area contributed by atoms with E-state index in [0.717, 1.165) is 18.4 Å². The molecule has 2 nitrogen and oxygen atoms in total. The average Bonchev–Trinajstić information content (AvgIpc) is 2.76. The Morgan fingerprint density at radius 3 is 2.42 bits per heavy atom. The van der Waals surface area contributed by atoms with Gasteiger partial charge in [-0.25, -0.2) is 0 Å². The van der Waals surface area contributed by atoms with Crippen LogP contribution in [0, 0.1) is 11.8 Å². The highest BCUT2D eigenvalue weighted by Crippen LogP contribution is 2.31. The minimum atomic E-state index is 0.331. The van der Waals surface area contributed by atoms with Crippen molar-refractivity contribution >= 4 is 0 Å². The van der Waals surface area contributed by atoms with Crippen LogP contribution in [0.4, 0.5) is 0 Å². The van der Waals surface area contributed by atoms with Crippen LogP contribution >= 0.6 is 0 Å². The van der Waals surface area contributed by atoms with Crippen molar-refractivity contribution < 1.29 is 5.11 Å². The molecule has 1 atom stereocenters. The number of hydrogen-bond acceptors (Lipinski definition) is 2. The topological polar surface area (TPSA) is 32.3 Å². The zero-order valence-corrected chi connectivity index (χ0v) is 7.63. The summed E-state index contributed by atoms with van der Waals surface area (Å²) in [6.07, 6.45) is 6.81. The molecule has 0 aliphatic heterocycles. The average molecular weight is 169 g/mol. The second kappa shape index (κ2) is 3.75. The van der Waals surface area contributed by atoms with Crippen LogP contribution in [0.3, 0.4) is 0 Å². The van der Waals surface area contributed by atoms with E-state index in [1.165, 1.54) is 32.1 Å². The summed E-state index contributed by atoms with van der Waals surface area (Å²) in [6, 6.07) is 0.402. The zero-order valence-electron chi connectivity index (χ0n) is 7.63. The molecule has 2 aliphatic carbocycles. The van der Waals surface area contributed by atoms with Crippen LogP contribution in [-0.2, 0) is 0 Å². The minimum absolute atomic E-state index is 0.331. The SMILES string of the molecule is OCC(NCC1CC1)C1CCC1. The van der Waals surface area contributed by atoms with Gasteiger partial charge < -0.3 is 10.4 Å². The molecule has 0 radical (unpaired) electrons. The van der Waals surface area contributed by atoms with Crippen LogP contribution < -0.4 is 5.32 Å². The van der Waals surface area contributed by atoms with Gasteiger partial charge in [-0.1, -0.05) is 6.42 Å².